The number of aliphatic hydroxyl groups excluding tert-OH is 1. The van der Waals surface area contributed by atoms with Crippen LogP contribution in [0.1, 0.15) is 33.6 Å². The quantitative estimate of drug-likeness (QED) is 0.756. The average molecular weight is 210 g/mol. The SMILES string of the molecule is CO[C@@]12C(CO)[C@]1(C)CC[C@@H]1[C@H]2C1(C)C. The molecule has 2 nitrogen and oxygen atoms in total. The molecule has 0 radical (unpaired) electrons. The van der Waals surface area contributed by atoms with Crippen molar-refractivity contribution in [1.29, 1.82) is 0 Å². The van der Waals surface area contributed by atoms with Gasteiger partial charge in [-0.1, -0.05) is 20.8 Å². The van der Waals surface area contributed by atoms with Crippen molar-refractivity contribution in [3.8, 4) is 0 Å². The number of aliphatic hydroxyl groups is 1. The van der Waals surface area contributed by atoms with Crippen molar-refractivity contribution >= 4 is 0 Å². The highest BCUT2D eigenvalue weighted by Gasteiger charge is 2.87. The van der Waals surface area contributed by atoms with E-state index in [-0.39, 0.29) is 11.0 Å². The van der Waals surface area contributed by atoms with E-state index in [1.54, 1.807) is 0 Å². The summed E-state index contributed by atoms with van der Waals surface area (Å²) in [6, 6.07) is 0. The van der Waals surface area contributed by atoms with E-state index in [0.29, 0.717) is 23.9 Å². The number of fused-ring (bicyclic) bond motifs is 3. The molecule has 1 N–H and O–H groups in total. The molecule has 3 fully saturated rings. The highest BCUT2D eigenvalue weighted by atomic mass is 16.5. The Morgan fingerprint density at radius 3 is 2.53 bits per heavy atom. The molecule has 0 aliphatic heterocycles. The number of ether oxygens (including phenoxy) is 1. The third-order valence-electron chi connectivity index (χ3n) is 6.10. The normalized spacial score (nSPS) is 59.4. The van der Waals surface area contributed by atoms with Gasteiger partial charge in [0, 0.05) is 25.0 Å². The fourth-order valence-electron chi connectivity index (χ4n) is 5.14. The van der Waals surface area contributed by atoms with Crippen LogP contribution in [0.3, 0.4) is 0 Å². The van der Waals surface area contributed by atoms with Crippen LogP contribution in [-0.2, 0) is 4.74 Å². The van der Waals surface area contributed by atoms with Crippen LogP contribution in [-0.4, -0.2) is 24.4 Å². The molecule has 0 aromatic rings. The van der Waals surface area contributed by atoms with E-state index in [1.165, 1.54) is 12.8 Å². The summed E-state index contributed by atoms with van der Waals surface area (Å²) in [6.07, 6.45) is 2.56. The number of rotatable bonds is 2. The molecule has 0 spiro atoms. The molecule has 1 unspecified atom stereocenters. The smallest absolute Gasteiger partial charge is 0.0828 e. The monoisotopic (exact) mass is 210 g/mol. The summed E-state index contributed by atoms with van der Waals surface area (Å²) in [5, 5.41) is 9.52. The van der Waals surface area contributed by atoms with Crippen LogP contribution in [0.15, 0.2) is 0 Å². The van der Waals surface area contributed by atoms with Gasteiger partial charge in [0.2, 0.25) is 0 Å². The third kappa shape index (κ3) is 0.794. The van der Waals surface area contributed by atoms with E-state index in [0.717, 1.165) is 5.92 Å². The average Bonchev–Trinajstić information content (AvgIpc) is 2.95. The Kier molecular flexibility index (Phi) is 1.64. The fourth-order valence-corrected chi connectivity index (χ4v) is 5.14. The summed E-state index contributed by atoms with van der Waals surface area (Å²) >= 11 is 0. The standard InChI is InChI=1S/C13H22O2/c1-11(2)8-5-6-12(3)9(7-14)13(12,15-4)10(8)11/h8-10,14H,5-7H2,1-4H3/t8-,9?,10+,12+,13-/m1/s1. The largest absolute Gasteiger partial charge is 0.396 e. The van der Waals surface area contributed by atoms with Crippen molar-refractivity contribution in [2.75, 3.05) is 13.7 Å². The molecular formula is C13H22O2. The first kappa shape index (κ1) is 10.1. The van der Waals surface area contributed by atoms with E-state index in [9.17, 15) is 5.11 Å². The summed E-state index contributed by atoms with van der Waals surface area (Å²) in [7, 11) is 1.84. The van der Waals surface area contributed by atoms with Crippen LogP contribution in [0.4, 0.5) is 0 Å². The maximum Gasteiger partial charge on any atom is 0.0828 e. The van der Waals surface area contributed by atoms with Gasteiger partial charge in [-0.15, -0.1) is 0 Å². The van der Waals surface area contributed by atoms with Crippen molar-refractivity contribution in [2.24, 2.45) is 28.6 Å². The topological polar surface area (TPSA) is 29.5 Å². The van der Waals surface area contributed by atoms with E-state index < -0.39 is 0 Å². The molecule has 0 bridgehead atoms. The molecule has 2 heteroatoms. The van der Waals surface area contributed by atoms with Crippen molar-refractivity contribution in [3.63, 3.8) is 0 Å². The van der Waals surface area contributed by atoms with Crippen molar-refractivity contribution in [2.45, 2.75) is 39.2 Å². The number of hydrogen-bond acceptors (Lipinski definition) is 2. The molecule has 3 aliphatic carbocycles. The molecule has 0 aromatic carbocycles. The summed E-state index contributed by atoms with van der Waals surface area (Å²) in [6.45, 7) is 7.33. The summed E-state index contributed by atoms with van der Waals surface area (Å²) in [5.41, 5.74) is 0.706. The van der Waals surface area contributed by atoms with Crippen molar-refractivity contribution < 1.29 is 9.84 Å². The molecular weight excluding hydrogens is 188 g/mol. The van der Waals surface area contributed by atoms with Crippen LogP contribution >= 0.6 is 0 Å². The van der Waals surface area contributed by atoms with Gasteiger partial charge in [0.15, 0.2) is 0 Å². The van der Waals surface area contributed by atoms with E-state index >= 15 is 0 Å². The third-order valence-corrected chi connectivity index (χ3v) is 6.10. The number of methoxy groups -OCH3 is 1. The highest BCUT2D eigenvalue weighted by Crippen LogP contribution is 2.84. The predicted molar refractivity (Wildman–Crippen MR) is 58.4 cm³/mol. The minimum Gasteiger partial charge on any atom is -0.396 e. The first-order valence-corrected chi connectivity index (χ1v) is 6.13. The Bertz CT molecular complexity index is 312. The molecule has 0 amide bonds. The van der Waals surface area contributed by atoms with Crippen molar-refractivity contribution in [1.82, 2.24) is 0 Å². The van der Waals surface area contributed by atoms with Gasteiger partial charge in [-0.3, -0.25) is 0 Å². The van der Waals surface area contributed by atoms with Crippen molar-refractivity contribution in [3.05, 3.63) is 0 Å². The van der Waals surface area contributed by atoms with Gasteiger partial charge >= 0.3 is 0 Å². The highest BCUT2D eigenvalue weighted by molar-refractivity contribution is 5.35. The Labute approximate surface area is 92.0 Å². The summed E-state index contributed by atoms with van der Waals surface area (Å²) < 4.78 is 5.89. The molecule has 3 aliphatic rings. The Morgan fingerprint density at radius 1 is 1.33 bits per heavy atom. The first-order valence-electron chi connectivity index (χ1n) is 6.13. The van der Waals surface area contributed by atoms with E-state index in [1.807, 2.05) is 7.11 Å². The summed E-state index contributed by atoms with van der Waals surface area (Å²) in [5.74, 6) is 1.90. The number of hydrogen-bond donors (Lipinski definition) is 1. The Morgan fingerprint density at radius 2 is 2.00 bits per heavy atom. The maximum atomic E-state index is 9.52. The molecule has 3 saturated carbocycles. The van der Waals surface area contributed by atoms with Gasteiger partial charge in [-0.25, -0.2) is 0 Å². The minimum absolute atomic E-state index is 0.00810. The predicted octanol–water partition coefficient (Wildman–Crippen LogP) is 2.07. The van der Waals surface area contributed by atoms with Crippen LogP contribution in [0.25, 0.3) is 0 Å². The second kappa shape index (κ2) is 2.43. The van der Waals surface area contributed by atoms with Gasteiger partial charge in [-0.2, -0.15) is 0 Å². The molecule has 0 saturated heterocycles. The zero-order valence-corrected chi connectivity index (χ0v) is 10.2. The molecule has 0 heterocycles. The van der Waals surface area contributed by atoms with Gasteiger partial charge in [0.25, 0.3) is 0 Å². The van der Waals surface area contributed by atoms with E-state index in [4.69, 9.17) is 4.74 Å². The van der Waals surface area contributed by atoms with Crippen LogP contribution in [0.2, 0.25) is 0 Å². The van der Waals surface area contributed by atoms with Gasteiger partial charge in [0.1, 0.15) is 0 Å². The van der Waals surface area contributed by atoms with Gasteiger partial charge < -0.3 is 9.84 Å². The lowest BCUT2D eigenvalue weighted by molar-refractivity contribution is -0.00604. The molecule has 86 valence electrons. The molecule has 3 rings (SSSR count). The molecule has 0 aromatic heterocycles. The van der Waals surface area contributed by atoms with Crippen LogP contribution in [0, 0.1) is 28.6 Å². The summed E-state index contributed by atoms with van der Waals surface area (Å²) in [4.78, 5) is 0. The lowest BCUT2D eigenvalue weighted by atomic mass is 9.87. The zero-order valence-electron chi connectivity index (χ0n) is 10.2. The minimum atomic E-state index is 0.00810. The maximum absolute atomic E-state index is 9.52. The Balaban J connectivity index is 1.99. The second-order valence-electron chi connectivity index (χ2n) is 6.59. The van der Waals surface area contributed by atoms with E-state index in [2.05, 4.69) is 20.8 Å². The zero-order chi connectivity index (χ0) is 11.1. The van der Waals surface area contributed by atoms with Crippen LogP contribution < -0.4 is 0 Å². The fraction of sp³-hybridized carbons (Fsp3) is 1.00. The lowest BCUT2D eigenvalue weighted by Gasteiger charge is -2.26. The molecule has 5 atom stereocenters. The first-order chi connectivity index (χ1) is 6.96. The molecule has 15 heavy (non-hydrogen) atoms. The lowest BCUT2D eigenvalue weighted by Crippen LogP contribution is -2.29. The van der Waals surface area contributed by atoms with Crippen LogP contribution in [0.5, 0.6) is 0 Å². The van der Waals surface area contributed by atoms with Gasteiger partial charge in [-0.05, 0) is 30.1 Å². The van der Waals surface area contributed by atoms with Gasteiger partial charge in [0.05, 0.1) is 5.60 Å². The Hall–Kier alpha value is -0.0800. The second-order valence-corrected chi connectivity index (χ2v) is 6.59.